The lowest BCUT2D eigenvalue weighted by molar-refractivity contribution is -0.147. The van der Waals surface area contributed by atoms with Crippen LogP contribution in [0.3, 0.4) is 0 Å². The number of rotatable bonds is 30. The summed E-state index contributed by atoms with van der Waals surface area (Å²) in [7, 11) is -4.41. The second kappa shape index (κ2) is 31.0. The highest BCUT2D eigenvalue weighted by atomic mass is 31.2. The maximum absolute atomic E-state index is 12.0. The summed E-state index contributed by atoms with van der Waals surface area (Å²) in [5.74, 6) is -0.589. The lowest BCUT2D eigenvalue weighted by Crippen LogP contribution is -2.27. The minimum absolute atomic E-state index is 0.0513. The normalized spacial score (nSPS) is 14.2. The Labute approximate surface area is 266 Å². The molecule has 0 bridgehead atoms. The van der Waals surface area contributed by atoms with Crippen molar-refractivity contribution in [3.05, 3.63) is 48.6 Å². The number of esters is 1. The SMILES string of the molecule is CCCCC/C=C\C/C=C\C/C=C\C/C=C\CCCC(=O)NCCOP(=O)(O)OCC(O)COC(=O)CCCCCCCC. The predicted molar refractivity (Wildman–Crippen MR) is 178 cm³/mol. The molecular formula is C34H60NO8P. The molecule has 254 valence electrons. The van der Waals surface area contributed by atoms with Crippen LogP contribution in [0.25, 0.3) is 0 Å². The Morgan fingerprint density at radius 1 is 0.705 bits per heavy atom. The molecule has 0 aromatic heterocycles. The highest BCUT2D eigenvalue weighted by Crippen LogP contribution is 2.42. The average molecular weight is 642 g/mol. The van der Waals surface area contributed by atoms with E-state index in [0.717, 1.165) is 51.4 Å². The van der Waals surface area contributed by atoms with Crippen molar-refractivity contribution in [3.63, 3.8) is 0 Å². The van der Waals surface area contributed by atoms with Gasteiger partial charge in [0.15, 0.2) is 0 Å². The van der Waals surface area contributed by atoms with Gasteiger partial charge in [0.05, 0.1) is 13.2 Å². The molecule has 0 rings (SSSR count). The fourth-order valence-electron chi connectivity index (χ4n) is 3.96. The molecule has 0 aliphatic rings. The molecular weight excluding hydrogens is 581 g/mol. The number of hydrogen-bond donors (Lipinski definition) is 3. The molecule has 0 heterocycles. The van der Waals surface area contributed by atoms with E-state index in [-0.39, 0.29) is 32.1 Å². The van der Waals surface area contributed by atoms with Gasteiger partial charge < -0.3 is 20.1 Å². The van der Waals surface area contributed by atoms with E-state index >= 15 is 0 Å². The third kappa shape index (κ3) is 31.4. The summed E-state index contributed by atoms with van der Waals surface area (Å²) in [6.45, 7) is 3.34. The third-order valence-corrected chi connectivity index (χ3v) is 7.50. The molecule has 0 aromatic rings. The van der Waals surface area contributed by atoms with Crippen molar-refractivity contribution in [2.24, 2.45) is 0 Å². The first-order chi connectivity index (χ1) is 21.3. The second-order valence-electron chi connectivity index (χ2n) is 10.8. The minimum atomic E-state index is -4.41. The molecule has 2 unspecified atom stereocenters. The quantitative estimate of drug-likeness (QED) is 0.0311. The number of ether oxygens (including phenoxy) is 1. The van der Waals surface area contributed by atoms with Gasteiger partial charge in [-0.1, -0.05) is 107 Å². The maximum Gasteiger partial charge on any atom is 0.472 e. The lowest BCUT2D eigenvalue weighted by Gasteiger charge is -2.15. The Kier molecular flexibility index (Phi) is 29.5. The summed E-state index contributed by atoms with van der Waals surface area (Å²) in [4.78, 5) is 33.4. The van der Waals surface area contributed by atoms with Gasteiger partial charge in [-0.3, -0.25) is 18.6 Å². The fourth-order valence-corrected chi connectivity index (χ4v) is 4.71. The molecule has 0 fully saturated rings. The van der Waals surface area contributed by atoms with Crippen molar-refractivity contribution in [2.75, 3.05) is 26.4 Å². The zero-order valence-corrected chi connectivity index (χ0v) is 28.2. The first-order valence-electron chi connectivity index (χ1n) is 16.6. The number of nitrogens with one attached hydrogen (secondary N) is 1. The van der Waals surface area contributed by atoms with Crippen molar-refractivity contribution in [3.8, 4) is 0 Å². The fraction of sp³-hybridized carbons (Fsp3) is 0.706. The zero-order valence-electron chi connectivity index (χ0n) is 27.3. The highest BCUT2D eigenvalue weighted by Gasteiger charge is 2.23. The summed E-state index contributed by atoms with van der Waals surface area (Å²) in [6.07, 6.45) is 32.2. The molecule has 10 heteroatoms. The number of unbranched alkanes of at least 4 members (excludes halogenated alkanes) is 9. The van der Waals surface area contributed by atoms with Gasteiger partial charge in [0.25, 0.3) is 0 Å². The average Bonchev–Trinajstić information content (AvgIpc) is 3.00. The number of hydrogen-bond acceptors (Lipinski definition) is 7. The van der Waals surface area contributed by atoms with Crippen LogP contribution < -0.4 is 5.32 Å². The Balaban J connectivity index is 3.75. The highest BCUT2D eigenvalue weighted by molar-refractivity contribution is 7.47. The molecule has 2 atom stereocenters. The first-order valence-corrected chi connectivity index (χ1v) is 18.1. The number of carbonyl (C=O) groups is 2. The van der Waals surface area contributed by atoms with Crippen LogP contribution in [0, 0.1) is 0 Å². The van der Waals surface area contributed by atoms with Crippen LogP contribution in [-0.4, -0.2) is 54.3 Å². The number of aliphatic hydroxyl groups excluding tert-OH is 1. The Bertz CT molecular complexity index is 871. The van der Waals surface area contributed by atoms with Gasteiger partial charge in [-0.15, -0.1) is 0 Å². The van der Waals surface area contributed by atoms with Crippen LogP contribution in [0.4, 0.5) is 0 Å². The molecule has 0 radical (unpaired) electrons. The van der Waals surface area contributed by atoms with Gasteiger partial charge in [-0.25, -0.2) is 4.57 Å². The van der Waals surface area contributed by atoms with Gasteiger partial charge in [0.1, 0.15) is 12.7 Å². The van der Waals surface area contributed by atoms with Crippen LogP contribution in [-0.2, 0) is 27.9 Å². The summed E-state index contributed by atoms with van der Waals surface area (Å²) >= 11 is 0. The summed E-state index contributed by atoms with van der Waals surface area (Å²) in [5, 5.41) is 12.5. The molecule has 0 aliphatic heterocycles. The molecule has 3 N–H and O–H groups in total. The van der Waals surface area contributed by atoms with E-state index in [1.807, 2.05) is 0 Å². The van der Waals surface area contributed by atoms with Gasteiger partial charge in [-0.2, -0.15) is 0 Å². The number of carbonyl (C=O) groups excluding carboxylic acids is 2. The van der Waals surface area contributed by atoms with E-state index in [1.165, 1.54) is 38.5 Å². The number of phosphoric ester groups is 1. The number of aliphatic hydroxyl groups is 1. The number of allylic oxidation sites excluding steroid dienone is 8. The van der Waals surface area contributed by atoms with E-state index in [9.17, 15) is 24.2 Å². The van der Waals surface area contributed by atoms with Crippen molar-refractivity contribution in [1.82, 2.24) is 5.32 Å². The predicted octanol–water partition coefficient (Wildman–Crippen LogP) is 8.04. The standard InChI is InChI=1S/C34H60NO8P/c1-3-5-7-9-11-12-13-14-15-16-17-18-19-20-21-22-24-26-33(37)35-28-29-42-44(39,40)43-31-32(36)30-41-34(38)27-25-23-10-8-6-4-2/h11-12,14-15,17-18,20-21,32,36H,3-10,13,16,19,22-31H2,1-2H3,(H,35,37)(H,39,40)/b12-11-,15-14-,18-17-,21-20-. The molecule has 44 heavy (non-hydrogen) atoms. The Hall–Kier alpha value is -2.03. The Morgan fingerprint density at radius 2 is 1.25 bits per heavy atom. The van der Waals surface area contributed by atoms with E-state index in [4.69, 9.17) is 13.8 Å². The van der Waals surface area contributed by atoms with Crippen LogP contribution in [0.15, 0.2) is 48.6 Å². The first kappa shape index (κ1) is 42.0. The largest absolute Gasteiger partial charge is 0.472 e. The van der Waals surface area contributed by atoms with Crippen molar-refractivity contribution >= 4 is 19.7 Å². The van der Waals surface area contributed by atoms with Crippen molar-refractivity contribution < 1.29 is 37.9 Å². The van der Waals surface area contributed by atoms with Crippen LogP contribution in [0.1, 0.15) is 123 Å². The van der Waals surface area contributed by atoms with Crippen LogP contribution in [0.5, 0.6) is 0 Å². The molecule has 0 spiro atoms. The van der Waals surface area contributed by atoms with E-state index in [1.54, 1.807) is 0 Å². The third-order valence-electron chi connectivity index (χ3n) is 6.51. The second-order valence-corrected chi connectivity index (χ2v) is 12.2. The van der Waals surface area contributed by atoms with E-state index in [0.29, 0.717) is 12.8 Å². The summed E-state index contributed by atoms with van der Waals surface area (Å²) in [5.41, 5.74) is 0. The monoisotopic (exact) mass is 641 g/mol. The Morgan fingerprint density at radius 3 is 1.89 bits per heavy atom. The molecule has 0 aliphatic carbocycles. The number of phosphoric acid groups is 1. The van der Waals surface area contributed by atoms with Crippen LogP contribution >= 0.6 is 7.82 Å². The summed E-state index contributed by atoms with van der Waals surface area (Å²) < 4.78 is 26.5. The van der Waals surface area contributed by atoms with E-state index < -0.39 is 26.5 Å². The van der Waals surface area contributed by atoms with Gasteiger partial charge in [0.2, 0.25) is 5.91 Å². The minimum Gasteiger partial charge on any atom is -0.463 e. The van der Waals surface area contributed by atoms with Crippen molar-refractivity contribution in [1.29, 1.82) is 0 Å². The van der Waals surface area contributed by atoms with Gasteiger partial charge in [-0.05, 0) is 51.4 Å². The molecule has 0 aromatic carbocycles. The van der Waals surface area contributed by atoms with Gasteiger partial charge >= 0.3 is 13.8 Å². The lowest BCUT2D eigenvalue weighted by atomic mass is 10.1. The van der Waals surface area contributed by atoms with Crippen molar-refractivity contribution in [2.45, 2.75) is 129 Å². The molecule has 1 amide bonds. The topological polar surface area (TPSA) is 131 Å². The summed E-state index contributed by atoms with van der Waals surface area (Å²) in [6, 6.07) is 0. The smallest absolute Gasteiger partial charge is 0.463 e. The molecule has 0 saturated carbocycles. The molecule has 9 nitrogen and oxygen atoms in total. The zero-order chi connectivity index (χ0) is 32.6. The number of amides is 1. The van der Waals surface area contributed by atoms with Gasteiger partial charge in [0, 0.05) is 19.4 Å². The molecule has 0 saturated heterocycles. The van der Waals surface area contributed by atoms with Crippen LogP contribution in [0.2, 0.25) is 0 Å². The maximum atomic E-state index is 12.0. The van der Waals surface area contributed by atoms with E-state index in [2.05, 4.69) is 67.8 Å².